The molecule has 6 aromatic heterocycles. The minimum Gasteiger partial charge on any atom is -0.309 e. The average Bonchev–Trinajstić information content (AvgIpc) is 1.57. The number of fused-ring (bicyclic) bond motifs is 22. The van der Waals surface area contributed by atoms with Gasteiger partial charge in [0.2, 0.25) is 0 Å². The van der Waals surface area contributed by atoms with E-state index in [0.717, 1.165) is 5.69 Å². The van der Waals surface area contributed by atoms with Gasteiger partial charge in [-0.15, -0.1) is 22.7 Å². The highest BCUT2D eigenvalue weighted by Gasteiger charge is 2.24. The fourth-order valence-corrected chi connectivity index (χ4v) is 20.3. The second kappa shape index (κ2) is 24.9. The number of hydrogen-bond acceptors (Lipinski definition) is 2. The minimum atomic E-state index is 1.16. The second-order valence-corrected chi connectivity index (χ2v) is 31.1. The van der Waals surface area contributed by atoms with Gasteiger partial charge in [-0.25, -0.2) is 0 Å². The molecule has 0 aliphatic rings. The summed E-state index contributed by atoms with van der Waals surface area (Å²) in [6.07, 6.45) is 0. The molecule has 110 heavy (non-hydrogen) atoms. The number of thiophene rings is 2. The molecule has 0 spiro atoms. The highest BCUT2D eigenvalue weighted by Crippen LogP contribution is 2.48. The molecule has 24 aromatic rings. The zero-order chi connectivity index (χ0) is 72.1. The summed E-state index contributed by atoms with van der Waals surface area (Å²) in [5.41, 5.74) is 24.3. The summed E-state index contributed by atoms with van der Waals surface area (Å²) in [7, 11) is 0. The van der Waals surface area contributed by atoms with Crippen LogP contribution in [0.2, 0.25) is 0 Å². The van der Waals surface area contributed by atoms with Crippen molar-refractivity contribution in [3.63, 3.8) is 0 Å². The maximum Gasteiger partial charge on any atom is 0.0719 e. The highest BCUT2D eigenvalue weighted by atomic mass is 32.1. The van der Waals surface area contributed by atoms with Gasteiger partial charge in [0.15, 0.2) is 0 Å². The zero-order valence-corrected chi connectivity index (χ0v) is 61.2. The average molecular weight is 1430 g/mol. The van der Waals surface area contributed by atoms with Crippen LogP contribution in [0.1, 0.15) is 0 Å². The van der Waals surface area contributed by atoms with Crippen LogP contribution in [0.4, 0.5) is 0 Å². The van der Waals surface area contributed by atoms with E-state index in [0.29, 0.717) is 0 Å². The van der Waals surface area contributed by atoms with E-state index in [1.54, 1.807) is 0 Å². The lowest BCUT2D eigenvalue weighted by Gasteiger charge is -2.12. The summed E-state index contributed by atoms with van der Waals surface area (Å²) < 4.78 is 15.1. The Morgan fingerprint density at radius 3 is 1.03 bits per heavy atom. The van der Waals surface area contributed by atoms with Crippen LogP contribution >= 0.6 is 22.7 Å². The van der Waals surface area contributed by atoms with Gasteiger partial charge in [0.25, 0.3) is 0 Å². The molecule has 0 atom stereocenters. The maximum atomic E-state index is 2.49. The van der Waals surface area contributed by atoms with E-state index in [2.05, 4.69) is 407 Å². The molecule has 0 radical (unpaired) electrons. The van der Waals surface area contributed by atoms with Crippen LogP contribution in [-0.2, 0) is 0 Å². The van der Waals surface area contributed by atoms with Crippen molar-refractivity contribution in [1.82, 2.24) is 18.3 Å². The van der Waals surface area contributed by atoms with E-state index in [9.17, 15) is 0 Å². The van der Waals surface area contributed by atoms with Crippen LogP contribution in [0, 0.1) is 0 Å². The Morgan fingerprint density at radius 2 is 0.518 bits per heavy atom. The van der Waals surface area contributed by atoms with Crippen LogP contribution < -0.4 is 0 Å². The first-order valence-corrected chi connectivity index (χ1v) is 39.3. The smallest absolute Gasteiger partial charge is 0.0719 e. The van der Waals surface area contributed by atoms with Crippen LogP contribution in [0.5, 0.6) is 0 Å². The SMILES string of the molecule is c1ccc(-c2ccc(-n3c4ccc(-c5ccc6c(c5)c5ccccc5n6-c5cccc6ccccc56)cc4c4ccc5c6ccccc6sc5c43)cc2)cc1.c1ccc(-c2ccc(-n3c4ccc(-c5ccc6c(c5)c5ccccc5n6-c5cccc6ccccc56)cc4c4ccc5sc6ccccc6c5c43)cc2)cc1. The van der Waals surface area contributed by atoms with Crippen molar-refractivity contribution in [3.05, 3.63) is 388 Å². The van der Waals surface area contributed by atoms with Crippen molar-refractivity contribution < 1.29 is 0 Å². The first-order valence-electron chi connectivity index (χ1n) is 37.7. The molecule has 0 aliphatic carbocycles. The number of benzene rings is 18. The number of rotatable bonds is 8. The molecule has 0 amide bonds. The molecule has 0 N–H and O–H groups in total. The quantitative estimate of drug-likeness (QED) is 0.144. The molecule has 0 saturated heterocycles. The molecule has 4 nitrogen and oxygen atoms in total. The third-order valence-electron chi connectivity index (χ3n) is 23.0. The van der Waals surface area contributed by atoms with Gasteiger partial charge in [-0.3, -0.25) is 0 Å². The topological polar surface area (TPSA) is 19.7 Å². The maximum absolute atomic E-state index is 2.49. The third kappa shape index (κ3) is 9.70. The summed E-state index contributed by atoms with van der Waals surface area (Å²) in [5.74, 6) is 0. The minimum absolute atomic E-state index is 1.16. The van der Waals surface area contributed by atoms with Gasteiger partial charge in [0.05, 0.1) is 60.2 Å². The van der Waals surface area contributed by atoms with Gasteiger partial charge in [-0.2, -0.15) is 0 Å². The van der Waals surface area contributed by atoms with Gasteiger partial charge < -0.3 is 18.3 Å². The van der Waals surface area contributed by atoms with Gasteiger partial charge >= 0.3 is 0 Å². The van der Waals surface area contributed by atoms with E-state index in [-0.39, 0.29) is 0 Å². The molecule has 6 heteroatoms. The lowest BCUT2D eigenvalue weighted by atomic mass is 10.00. The van der Waals surface area contributed by atoms with Crippen molar-refractivity contribution >= 4 is 172 Å². The van der Waals surface area contributed by atoms with E-state index in [4.69, 9.17) is 0 Å². The Labute approximate surface area is 640 Å². The Hall–Kier alpha value is -13.9. The number of aromatic nitrogens is 4. The molecule has 0 unspecified atom stereocenters. The predicted octanol–water partition coefficient (Wildman–Crippen LogP) is 29.5. The Bertz CT molecular complexity index is 7860. The normalized spacial score (nSPS) is 12.0. The summed E-state index contributed by atoms with van der Waals surface area (Å²) in [6, 6.07) is 143. The van der Waals surface area contributed by atoms with Crippen molar-refractivity contribution in [3.8, 4) is 67.3 Å². The fraction of sp³-hybridized carbons (Fsp3) is 0. The monoisotopic (exact) mass is 1430 g/mol. The van der Waals surface area contributed by atoms with Crippen LogP contribution in [0.25, 0.3) is 216 Å². The molecule has 18 aromatic carbocycles. The van der Waals surface area contributed by atoms with Gasteiger partial charge in [-0.05, 0) is 171 Å². The van der Waals surface area contributed by atoms with Crippen LogP contribution in [-0.4, -0.2) is 18.3 Å². The van der Waals surface area contributed by atoms with Crippen molar-refractivity contribution in [2.45, 2.75) is 0 Å². The summed E-state index contributed by atoms with van der Waals surface area (Å²) >= 11 is 3.77. The second-order valence-electron chi connectivity index (χ2n) is 29.0. The number of para-hydroxylation sites is 2. The van der Waals surface area contributed by atoms with Crippen molar-refractivity contribution in [2.24, 2.45) is 0 Å². The van der Waals surface area contributed by atoms with E-state index >= 15 is 0 Å². The van der Waals surface area contributed by atoms with Gasteiger partial charge in [0, 0.05) is 101 Å². The summed E-state index contributed by atoms with van der Waals surface area (Å²) in [5, 5.41) is 20.4. The first kappa shape index (κ1) is 62.3. The Balaban J connectivity index is 0.000000132. The van der Waals surface area contributed by atoms with Gasteiger partial charge in [0.1, 0.15) is 0 Å². The lowest BCUT2D eigenvalue weighted by molar-refractivity contribution is 1.19. The molecule has 6 heterocycles. The first-order chi connectivity index (χ1) is 54.6. The third-order valence-corrected chi connectivity index (χ3v) is 25.4. The Morgan fingerprint density at radius 1 is 0.173 bits per heavy atom. The van der Waals surface area contributed by atoms with E-state index in [1.807, 2.05) is 22.7 Å². The van der Waals surface area contributed by atoms with E-state index in [1.165, 1.54) is 211 Å². The van der Waals surface area contributed by atoms with Gasteiger partial charge in [-0.1, -0.05) is 273 Å². The molecule has 24 rings (SSSR count). The largest absolute Gasteiger partial charge is 0.309 e. The molecule has 0 aliphatic heterocycles. The molecule has 0 bridgehead atoms. The molecule has 0 fully saturated rings. The van der Waals surface area contributed by atoms with E-state index < -0.39 is 0 Å². The standard InChI is InChI=1S/2C52H32N2S/c1-2-11-33(12-3-1)34-21-25-38(26-22-34)53-48-29-23-37(32-45(48)42-27-28-43-41-17-7-9-20-50(41)55-52(43)51(42)53)36-24-30-49-44(31-36)40-16-6-8-18-47(40)54(49)46-19-10-14-35-13-4-5-15-39(35)46;1-2-11-33(12-3-1)34-21-25-38(26-22-34)53-47-28-23-37(32-44(47)41-27-30-50-51(52(41)53)42-17-7-9-20-49(42)55-50)36-24-29-48-43(31-36)40-16-6-8-18-46(40)54(48)45-19-10-14-35-13-4-5-15-39(35)45/h2*1-32H. The number of nitrogens with zero attached hydrogens (tertiary/aromatic N) is 4. The van der Waals surface area contributed by atoms with Crippen molar-refractivity contribution in [1.29, 1.82) is 0 Å². The fourth-order valence-electron chi connectivity index (χ4n) is 18.0. The van der Waals surface area contributed by atoms with Crippen LogP contribution in [0.3, 0.4) is 0 Å². The number of hydrogen-bond donors (Lipinski definition) is 0. The Kier molecular flexibility index (Phi) is 14.1. The molecule has 0 saturated carbocycles. The lowest BCUT2D eigenvalue weighted by Crippen LogP contribution is -1.95. The zero-order valence-electron chi connectivity index (χ0n) is 59.6. The molecule has 512 valence electrons. The predicted molar refractivity (Wildman–Crippen MR) is 473 cm³/mol. The summed E-state index contributed by atoms with van der Waals surface area (Å²) in [6.45, 7) is 0. The molecular formula is C104H64N4S2. The van der Waals surface area contributed by atoms with Crippen LogP contribution in [0.15, 0.2) is 388 Å². The summed E-state index contributed by atoms with van der Waals surface area (Å²) in [4.78, 5) is 0. The highest BCUT2D eigenvalue weighted by molar-refractivity contribution is 7.27. The van der Waals surface area contributed by atoms with Crippen molar-refractivity contribution in [2.75, 3.05) is 0 Å². The molecular weight excluding hydrogens is 1370 g/mol.